The van der Waals surface area contributed by atoms with Gasteiger partial charge in [0.2, 0.25) is 0 Å². The molecule has 6 N–H and O–H groups in total. The normalized spacial score (nSPS) is 12.0. The van der Waals surface area contributed by atoms with Crippen LogP contribution < -0.4 is 11.1 Å². The van der Waals surface area contributed by atoms with E-state index in [0.717, 1.165) is 12.0 Å². The van der Waals surface area contributed by atoms with Gasteiger partial charge in [0, 0.05) is 18.3 Å². The molecular weight excluding hydrogens is 297 g/mol. The maximum Gasteiger partial charge on any atom is 0.148 e. The van der Waals surface area contributed by atoms with Crippen molar-refractivity contribution in [1.29, 1.82) is 10.9 Å². The van der Waals surface area contributed by atoms with Crippen LogP contribution in [0.5, 0.6) is 0 Å². The number of halogens is 1. The van der Waals surface area contributed by atoms with E-state index in [-0.39, 0.29) is 11.7 Å². The Labute approximate surface area is 132 Å². The second kappa shape index (κ2) is 7.64. The van der Waals surface area contributed by atoms with Gasteiger partial charge in [0.1, 0.15) is 18.0 Å². The number of aromatic amines is 1. The monoisotopic (exact) mass is 313 g/mol. The Kier molecular flexibility index (Phi) is 5.35. The van der Waals surface area contributed by atoms with Crippen molar-refractivity contribution in [2.75, 3.05) is 5.32 Å². The summed E-state index contributed by atoms with van der Waals surface area (Å²) in [6, 6.07) is 9.75. The molecule has 118 valence electrons. The molecule has 2 aromatic rings. The first-order chi connectivity index (χ1) is 11.1. The molecule has 23 heavy (non-hydrogen) atoms. The first-order valence-corrected chi connectivity index (χ1v) is 6.72. The van der Waals surface area contributed by atoms with E-state index in [1.165, 1.54) is 12.3 Å². The Bertz CT molecular complexity index is 761. The molecule has 0 fully saturated rings. The number of aromatic nitrogens is 1. The number of nitrogens with zero attached hydrogens (tertiary/aromatic N) is 2. The molecule has 0 radical (unpaired) electrons. The molecule has 0 aliphatic rings. The SMILES string of the molecule is N=C/N=C(/N)c1ccc(C/C(=C/Nc2ccccc2F)N=N)[nH]1. The summed E-state index contributed by atoms with van der Waals surface area (Å²) in [5.41, 5.74) is 14.9. The number of allylic oxidation sites excluding steroid dienone is 1. The molecule has 1 aromatic heterocycles. The fraction of sp³-hybridized carbons (Fsp3) is 0.0667. The third-order valence-corrected chi connectivity index (χ3v) is 3.01. The van der Waals surface area contributed by atoms with Crippen molar-refractivity contribution in [3.05, 3.63) is 65.5 Å². The van der Waals surface area contributed by atoms with Gasteiger partial charge in [-0.05, 0) is 24.3 Å². The van der Waals surface area contributed by atoms with Crippen LogP contribution in [0.25, 0.3) is 0 Å². The van der Waals surface area contributed by atoms with Crippen LogP contribution in [0.4, 0.5) is 10.1 Å². The Morgan fingerprint density at radius 1 is 1.30 bits per heavy atom. The van der Waals surface area contributed by atoms with E-state index < -0.39 is 0 Å². The summed E-state index contributed by atoms with van der Waals surface area (Å²) < 4.78 is 13.5. The van der Waals surface area contributed by atoms with Crippen molar-refractivity contribution >= 4 is 17.9 Å². The number of H-pyrrole nitrogens is 1. The maximum atomic E-state index is 13.5. The lowest BCUT2D eigenvalue weighted by molar-refractivity contribution is 0.632. The molecule has 2 rings (SSSR count). The molecule has 1 aromatic carbocycles. The Morgan fingerprint density at radius 2 is 2.09 bits per heavy atom. The van der Waals surface area contributed by atoms with E-state index in [1.807, 2.05) is 0 Å². The van der Waals surface area contributed by atoms with Gasteiger partial charge >= 0.3 is 0 Å². The molecule has 0 spiro atoms. The van der Waals surface area contributed by atoms with E-state index in [9.17, 15) is 4.39 Å². The number of hydrogen-bond donors (Lipinski definition) is 5. The average molecular weight is 313 g/mol. The highest BCUT2D eigenvalue weighted by Gasteiger charge is 2.05. The summed E-state index contributed by atoms with van der Waals surface area (Å²) in [6.07, 6.45) is 2.67. The predicted octanol–water partition coefficient (Wildman–Crippen LogP) is 2.99. The largest absolute Gasteiger partial charge is 0.382 e. The smallest absolute Gasteiger partial charge is 0.148 e. The molecule has 0 atom stereocenters. The molecule has 1 heterocycles. The predicted molar refractivity (Wildman–Crippen MR) is 87.3 cm³/mol. The van der Waals surface area contributed by atoms with Gasteiger partial charge in [-0.25, -0.2) is 14.9 Å². The van der Waals surface area contributed by atoms with Gasteiger partial charge in [0.15, 0.2) is 0 Å². The lowest BCUT2D eigenvalue weighted by Gasteiger charge is -2.04. The number of anilines is 1. The molecule has 0 amide bonds. The second-order valence-corrected chi connectivity index (χ2v) is 4.59. The third-order valence-electron chi connectivity index (χ3n) is 3.01. The lowest BCUT2D eigenvalue weighted by Crippen LogP contribution is -2.13. The average Bonchev–Trinajstić information content (AvgIpc) is 3.01. The van der Waals surface area contributed by atoms with Crippen molar-refractivity contribution in [2.24, 2.45) is 15.8 Å². The zero-order chi connectivity index (χ0) is 16.7. The van der Waals surface area contributed by atoms with Crippen molar-refractivity contribution in [3.63, 3.8) is 0 Å². The van der Waals surface area contributed by atoms with Gasteiger partial charge < -0.3 is 16.0 Å². The highest BCUT2D eigenvalue weighted by atomic mass is 19.1. The van der Waals surface area contributed by atoms with Crippen LogP contribution in [0, 0.1) is 16.8 Å². The minimum atomic E-state index is -0.383. The van der Waals surface area contributed by atoms with Crippen LogP contribution in [0.1, 0.15) is 11.4 Å². The Balaban J connectivity index is 2.09. The first kappa shape index (κ1) is 16.1. The third kappa shape index (κ3) is 4.34. The van der Waals surface area contributed by atoms with Crippen LogP contribution in [0.15, 0.2) is 58.4 Å². The summed E-state index contributed by atoms with van der Waals surface area (Å²) in [7, 11) is 0. The summed E-state index contributed by atoms with van der Waals surface area (Å²) in [6.45, 7) is 0. The molecule has 8 heteroatoms. The van der Waals surface area contributed by atoms with Crippen molar-refractivity contribution in [3.8, 4) is 0 Å². The van der Waals surface area contributed by atoms with Gasteiger partial charge in [-0.15, -0.1) is 0 Å². The van der Waals surface area contributed by atoms with Gasteiger partial charge in [0.05, 0.1) is 17.1 Å². The summed E-state index contributed by atoms with van der Waals surface area (Å²) >= 11 is 0. The number of para-hydroxylation sites is 1. The molecular formula is C15H16FN7. The fourth-order valence-electron chi connectivity index (χ4n) is 1.89. The van der Waals surface area contributed by atoms with Gasteiger partial charge in [0.25, 0.3) is 0 Å². The fourth-order valence-corrected chi connectivity index (χ4v) is 1.89. The Morgan fingerprint density at radius 3 is 2.78 bits per heavy atom. The van der Waals surface area contributed by atoms with Crippen LogP contribution in [0.3, 0.4) is 0 Å². The van der Waals surface area contributed by atoms with E-state index in [4.69, 9.17) is 16.7 Å². The minimum absolute atomic E-state index is 0.198. The first-order valence-electron chi connectivity index (χ1n) is 6.72. The number of nitrogens with one attached hydrogen (secondary N) is 4. The zero-order valence-corrected chi connectivity index (χ0v) is 12.2. The summed E-state index contributed by atoms with van der Waals surface area (Å²) in [5, 5.41) is 13.1. The van der Waals surface area contributed by atoms with Crippen LogP contribution in [-0.2, 0) is 6.42 Å². The van der Waals surface area contributed by atoms with Gasteiger partial charge in [-0.3, -0.25) is 5.41 Å². The molecule has 0 aliphatic carbocycles. The topological polar surface area (TPSA) is 126 Å². The summed E-state index contributed by atoms with van der Waals surface area (Å²) in [5.74, 6) is -0.185. The van der Waals surface area contributed by atoms with E-state index in [2.05, 4.69) is 20.4 Å². The van der Waals surface area contributed by atoms with E-state index in [1.54, 1.807) is 30.3 Å². The molecule has 0 aliphatic heterocycles. The van der Waals surface area contributed by atoms with Gasteiger partial charge in [-0.1, -0.05) is 12.1 Å². The molecule has 7 nitrogen and oxygen atoms in total. The van der Waals surface area contributed by atoms with E-state index in [0.29, 0.717) is 23.5 Å². The van der Waals surface area contributed by atoms with Gasteiger partial charge in [-0.2, -0.15) is 5.11 Å². The number of nitrogens with two attached hydrogens (primary N) is 1. The van der Waals surface area contributed by atoms with Crippen LogP contribution >= 0.6 is 0 Å². The number of rotatable bonds is 7. The van der Waals surface area contributed by atoms with Crippen molar-refractivity contribution in [2.45, 2.75) is 6.42 Å². The molecule has 0 bridgehead atoms. The van der Waals surface area contributed by atoms with Crippen molar-refractivity contribution < 1.29 is 4.39 Å². The molecule has 0 saturated carbocycles. The second-order valence-electron chi connectivity index (χ2n) is 4.59. The highest BCUT2D eigenvalue weighted by Crippen LogP contribution is 2.14. The molecule has 0 saturated heterocycles. The highest BCUT2D eigenvalue weighted by molar-refractivity contribution is 5.99. The standard InChI is InChI=1S/C15H16FN7/c16-12-3-1-2-4-13(12)20-8-11(23-19)7-10-5-6-14(22-10)15(18)21-9-17/h1-6,8-9,19-20,22H,7H2,(H3,17,18,21)/b11-8-,23-19?. The van der Waals surface area contributed by atoms with Crippen LogP contribution in [0.2, 0.25) is 0 Å². The molecule has 0 unspecified atom stereocenters. The maximum absolute atomic E-state index is 13.5. The van der Waals surface area contributed by atoms with E-state index >= 15 is 0 Å². The van der Waals surface area contributed by atoms with Crippen molar-refractivity contribution in [1.82, 2.24) is 4.98 Å². The Hall–Kier alpha value is -3.29. The van der Waals surface area contributed by atoms with Crippen LogP contribution in [-0.4, -0.2) is 17.2 Å². The number of benzene rings is 1. The minimum Gasteiger partial charge on any atom is -0.382 e. The quantitative estimate of drug-likeness (QED) is 0.306. The lowest BCUT2D eigenvalue weighted by atomic mass is 10.2. The number of amidine groups is 1. The number of aliphatic imine (C=N–C) groups is 1. The zero-order valence-electron chi connectivity index (χ0n) is 12.2. The number of hydrogen-bond acceptors (Lipinski definition) is 4. The summed E-state index contributed by atoms with van der Waals surface area (Å²) in [4.78, 5) is 6.70.